The molecule has 2 aliphatic rings. The molecule has 0 bridgehead atoms. The largest absolute Gasteiger partial charge is 0.368 e. The van der Waals surface area contributed by atoms with Crippen molar-refractivity contribution in [3.8, 4) is 0 Å². The van der Waals surface area contributed by atoms with E-state index in [0.717, 1.165) is 36.2 Å². The van der Waals surface area contributed by atoms with Gasteiger partial charge in [0.05, 0.1) is 5.69 Å². The van der Waals surface area contributed by atoms with Gasteiger partial charge in [-0.05, 0) is 38.7 Å². The lowest BCUT2D eigenvalue weighted by molar-refractivity contribution is -0.141. The van der Waals surface area contributed by atoms with E-state index in [9.17, 15) is 9.59 Å². The third kappa shape index (κ3) is 4.21. The molecule has 3 rings (SSSR count). The van der Waals surface area contributed by atoms with E-state index in [2.05, 4.69) is 10.2 Å². The minimum absolute atomic E-state index is 0.0921. The SMILES string of the molecule is Cc1[nH]nc(CCC(=O)N2CCCN(C(=O)C3CCCO3)CC2)c1C. The lowest BCUT2D eigenvalue weighted by Crippen LogP contribution is -2.41. The molecule has 25 heavy (non-hydrogen) atoms. The monoisotopic (exact) mass is 348 g/mol. The van der Waals surface area contributed by atoms with Gasteiger partial charge in [0.2, 0.25) is 5.91 Å². The Morgan fingerprint density at radius 3 is 2.60 bits per heavy atom. The van der Waals surface area contributed by atoms with Gasteiger partial charge in [0.1, 0.15) is 6.10 Å². The van der Waals surface area contributed by atoms with Crippen LogP contribution in [0.5, 0.6) is 0 Å². The van der Waals surface area contributed by atoms with Crippen molar-refractivity contribution in [1.82, 2.24) is 20.0 Å². The van der Waals surface area contributed by atoms with Gasteiger partial charge < -0.3 is 14.5 Å². The highest BCUT2D eigenvalue weighted by atomic mass is 16.5. The normalized spacial score (nSPS) is 21.4. The summed E-state index contributed by atoms with van der Waals surface area (Å²) in [6.45, 7) is 7.33. The number of hydrogen-bond donors (Lipinski definition) is 1. The number of nitrogens with one attached hydrogen (secondary N) is 1. The molecule has 2 aliphatic heterocycles. The number of aromatic amines is 1. The van der Waals surface area contributed by atoms with Crippen LogP contribution >= 0.6 is 0 Å². The second kappa shape index (κ2) is 7.99. The maximum absolute atomic E-state index is 12.5. The van der Waals surface area contributed by atoms with Crippen LogP contribution in [0.3, 0.4) is 0 Å². The molecule has 1 unspecified atom stereocenters. The number of H-pyrrole nitrogens is 1. The quantitative estimate of drug-likeness (QED) is 0.887. The second-order valence-corrected chi connectivity index (χ2v) is 6.98. The first-order valence-electron chi connectivity index (χ1n) is 9.25. The Labute approximate surface area is 148 Å². The molecule has 1 aromatic rings. The van der Waals surface area contributed by atoms with Crippen LogP contribution in [0.1, 0.15) is 42.6 Å². The van der Waals surface area contributed by atoms with E-state index in [1.165, 1.54) is 0 Å². The highest BCUT2D eigenvalue weighted by Crippen LogP contribution is 2.17. The summed E-state index contributed by atoms with van der Waals surface area (Å²) in [5.74, 6) is 0.237. The number of rotatable bonds is 4. The average molecular weight is 348 g/mol. The summed E-state index contributed by atoms with van der Waals surface area (Å²) in [7, 11) is 0. The van der Waals surface area contributed by atoms with Gasteiger partial charge in [0, 0.05) is 51.3 Å². The summed E-state index contributed by atoms with van der Waals surface area (Å²) in [6.07, 6.45) is 3.45. The van der Waals surface area contributed by atoms with E-state index in [1.54, 1.807) is 0 Å². The van der Waals surface area contributed by atoms with Crippen LogP contribution in [0.15, 0.2) is 0 Å². The van der Waals surface area contributed by atoms with E-state index >= 15 is 0 Å². The standard InChI is InChI=1S/C18H28N4O3/c1-13-14(2)19-20-15(13)6-7-17(23)21-8-4-9-22(11-10-21)18(24)16-5-3-12-25-16/h16H,3-12H2,1-2H3,(H,19,20). The molecule has 138 valence electrons. The molecular weight excluding hydrogens is 320 g/mol. The zero-order chi connectivity index (χ0) is 17.8. The molecule has 0 aliphatic carbocycles. The number of aryl methyl sites for hydroxylation is 2. The number of nitrogens with zero attached hydrogens (tertiary/aromatic N) is 3. The van der Waals surface area contributed by atoms with Crippen LogP contribution in [-0.4, -0.2) is 70.7 Å². The summed E-state index contributed by atoms with van der Waals surface area (Å²) < 4.78 is 5.50. The summed E-state index contributed by atoms with van der Waals surface area (Å²) >= 11 is 0. The first kappa shape index (κ1) is 17.9. The molecular formula is C18H28N4O3. The minimum atomic E-state index is -0.270. The summed E-state index contributed by atoms with van der Waals surface area (Å²) in [5.41, 5.74) is 3.16. The molecule has 0 radical (unpaired) electrons. The fourth-order valence-corrected chi connectivity index (χ4v) is 3.53. The van der Waals surface area contributed by atoms with E-state index in [4.69, 9.17) is 4.74 Å². The van der Waals surface area contributed by atoms with Gasteiger partial charge in [0.25, 0.3) is 5.91 Å². The maximum Gasteiger partial charge on any atom is 0.251 e. The fourth-order valence-electron chi connectivity index (χ4n) is 3.53. The molecule has 1 aromatic heterocycles. The van der Waals surface area contributed by atoms with Crippen molar-refractivity contribution in [2.75, 3.05) is 32.8 Å². The van der Waals surface area contributed by atoms with Crippen LogP contribution < -0.4 is 0 Å². The first-order valence-corrected chi connectivity index (χ1v) is 9.25. The number of carbonyl (C=O) groups excluding carboxylic acids is 2. The molecule has 2 fully saturated rings. The maximum atomic E-state index is 12.5. The van der Waals surface area contributed by atoms with Gasteiger partial charge in [-0.15, -0.1) is 0 Å². The molecule has 1 N–H and O–H groups in total. The van der Waals surface area contributed by atoms with Crippen molar-refractivity contribution >= 4 is 11.8 Å². The van der Waals surface area contributed by atoms with E-state index in [1.807, 2.05) is 23.6 Å². The summed E-state index contributed by atoms with van der Waals surface area (Å²) in [6, 6.07) is 0. The second-order valence-electron chi connectivity index (χ2n) is 6.98. The smallest absolute Gasteiger partial charge is 0.251 e. The average Bonchev–Trinajstić information content (AvgIpc) is 3.17. The fraction of sp³-hybridized carbons (Fsp3) is 0.722. The molecule has 3 heterocycles. The topological polar surface area (TPSA) is 78.5 Å². The summed E-state index contributed by atoms with van der Waals surface area (Å²) in [5, 5.41) is 7.23. The zero-order valence-electron chi connectivity index (χ0n) is 15.2. The van der Waals surface area contributed by atoms with Crippen LogP contribution in [0.4, 0.5) is 0 Å². The predicted molar refractivity (Wildman–Crippen MR) is 93.1 cm³/mol. The number of carbonyl (C=O) groups is 2. The molecule has 2 amide bonds. The Hall–Kier alpha value is -1.89. The number of ether oxygens (including phenoxy) is 1. The van der Waals surface area contributed by atoms with Gasteiger partial charge in [-0.2, -0.15) is 5.10 Å². The Kier molecular flexibility index (Phi) is 5.73. The van der Waals surface area contributed by atoms with Crippen LogP contribution in [-0.2, 0) is 20.7 Å². The van der Waals surface area contributed by atoms with Crippen LogP contribution in [0.25, 0.3) is 0 Å². The van der Waals surface area contributed by atoms with Crippen LogP contribution in [0.2, 0.25) is 0 Å². The molecule has 7 heteroatoms. The Balaban J connectivity index is 1.49. The molecule has 1 atom stereocenters. The van der Waals surface area contributed by atoms with Gasteiger partial charge in [-0.3, -0.25) is 14.7 Å². The lowest BCUT2D eigenvalue weighted by atomic mass is 10.1. The number of hydrogen-bond acceptors (Lipinski definition) is 4. The third-order valence-electron chi connectivity index (χ3n) is 5.30. The molecule has 0 aromatic carbocycles. The third-order valence-corrected chi connectivity index (χ3v) is 5.30. The van der Waals surface area contributed by atoms with Crippen molar-refractivity contribution in [2.24, 2.45) is 0 Å². The van der Waals surface area contributed by atoms with Crippen molar-refractivity contribution in [2.45, 2.75) is 52.1 Å². The molecule has 7 nitrogen and oxygen atoms in total. The summed E-state index contributed by atoms with van der Waals surface area (Å²) in [4.78, 5) is 28.8. The van der Waals surface area contributed by atoms with Crippen molar-refractivity contribution in [3.63, 3.8) is 0 Å². The molecule has 0 saturated carbocycles. The zero-order valence-corrected chi connectivity index (χ0v) is 15.2. The number of aromatic nitrogens is 2. The highest BCUT2D eigenvalue weighted by Gasteiger charge is 2.30. The van der Waals surface area contributed by atoms with Gasteiger partial charge in [0.15, 0.2) is 0 Å². The van der Waals surface area contributed by atoms with Gasteiger partial charge in [-0.1, -0.05) is 0 Å². The van der Waals surface area contributed by atoms with Crippen LogP contribution in [0, 0.1) is 13.8 Å². The minimum Gasteiger partial charge on any atom is -0.368 e. The first-order chi connectivity index (χ1) is 12.1. The molecule has 0 spiro atoms. The molecule has 2 saturated heterocycles. The van der Waals surface area contributed by atoms with E-state index < -0.39 is 0 Å². The Morgan fingerprint density at radius 2 is 1.92 bits per heavy atom. The van der Waals surface area contributed by atoms with Crippen molar-refractivity contribution < 1.29 is 14.3 Å². The van der Waals surface area contributed by atoms with Crippen molar-refractivity contribution in [3.05, 3.63) is 17.0 Å². The Morgan fingerprint density at radius 1 is 1.16 bits per heavy atom. The highest BCUT2D eigenvalue weighted by molar-refractivity contribution is 5.81. The van der Waals surface area contributed by atoms with E-state index in [0.29, 0.717) is 45.6 Å². The van der Waals surface area contributed by atoms with E-state index in [-0.39, 0.29) is 17.9 Å². The van der Waals surface area contributed by atoms with Crippen molar-refractivity contribution in [1.29, 1.82) is 0 Å². The predicted octanol–water partition coefficient (Wildman–Crippen LogP) is 1.20. The Bertz CT molecular complexity index is 622. The lowest BCUT2D eigenvalue weighted by Gasteiger charge is -2.24. The van der Waals surface area contributed by atoms with Gasteiger partial charge in [-0.25, -0.2) is 0 Å². The number of amides is 2. The van der Waals surface area contributed by atoms with Gasteiger partial charge >= 0.3 is 0 Å².